The predicted molar refractivity (Wildman–Crippen MR) is 94.2 cm³/mol. The van der Waals surface area contributed by atoms with Gasteiger partial charge in [0.25, 0.3) is 0 Å². The van der Waals surface area contributed by atoms with Crippen molar-refractivity contribution in [1.29, 1.82) is 0 Å². The summed E-state index contributed by atoms with van der Waals surface area (Å²) in [5, 5.41) is 0. The zero-order valence-corrected chi connectivity index (χ0v) is 15.6. The first kappa shape index (κ1) is 20.0. The third-order valence-corrected chi connectivity index (χ3v) is 4.79. The first-order chi connectivity index (χ1) is 9.28. The van der Waals surface area contributed by atoms with Gasteiger partial charge in [0, 0.05) is 0 Å². The Morgan fingerprint density at radius 2 is 1.45 bits per heavy atom. The zero-order chi connectivity index (χ0) is 15.6. The molecule has 0 saturated carbocycles. The summed E-state index contributed by atoms with van der Waals surface area (Å²) >= 11 is 0. The lowest BCUT2D eigenvalue weighted by atomic mass is 9.84. The average Bonchev–Trinajstić information content (AvgIpc) is 2.33. The van der Waals surface area contributed by atoms with Crippen LogP contribution < -0.4 is 0 Å². The molecule has 3 atom stereocenters. The van der Waals surface area contributed by atoms with E-state index in [-0.39, 0.29) is 0 Å². The molecule has 0 spiro atoms. The van der Waals surface area contributed by atoms with Crippen LogP contribution in [0.4, 0.5) is 0 Å². The molecule has 0 heterocycles. The smallest absolute Gasteiger partial charge is 0.0383 e. The monoisotopic (exact) mass is 282 g/mol. The normalized spacial score (nSPS) is 16.9. The Balaban J connectivity index is 3.81. The van der Waals surface area contributed by atoms with E-state index < -0.39 is 0 Å². The summed E-state index contributed by atoms with van der Waals surface area (Å²) in [5.74, 6) is 2.83. The number of hydrogen-bond donors (Lipinski definition) is 0. The van der Waals surface area contributed by atoms with Gasteiger partial charge in [-0.3, -0.25) is 0 Å². The van der Waals surface area contributed by atoms with Crippen LogP contribution in [0.25, 0.3) is 0 Å². The van der Waals surface area contributed by atoms with Crippen LogP contribution in [0.5, 0.6) is 0 Å². The second kappa shape index (κ2) is 10.7. The van der Waals surface area contributed by atoms with Crippen molar-refractivity contribution in [3.05, 3.63) is 0 Å². The minimum absolute atomic E-state index is 0.515. The summed E-state index contributed by atoms with van der Waals surface area (Å²) in [6.45, 7) is 16.7. The van der Waals surface area contributed by atoms with E-state index >= 15 is 0 Å². The van der Waals surface area contributed by atoms with E-state index in [0.29, 0.717) is 5.41 Å². The minimum atomic E-state index is 0.515. The molecular formula is C20H42. The first-order valence-corrected chi connectivity index (χ1v) is 9.28. The van der Waals surface area contributed by atoms with Crippen molar-refractivity contribution in [3.8, 4) is 0 Å². The maximum absolute atomic E-state index is 2.46. The van der Waals surface area contributed by atoms with Crippen LogP contribution >= 0.6 is 0 Å². The van der Waals surface area contributed by atoms with Crippen LogP contribution in [0.3, 0.4) is 0 Å². The minimum Gasteiger partial charge on any atom is -0.0654 e. The SMILES string of the molecule is CCCC(C)CC(CC)CCC(C)CCCC(C)(C)C. The maximum Gasteiger partial charge on any atom is -0.0383 e. The predicted octanol–water partition coefficient (Wildman–Crippen LogP) is 7.47. The van der Waals surface area contributed by atoms with E-state index in [1.54, 1.807) is 0 Å². The van der Waals surface area contributed by atoms with Crippen molar-refractivity contribution in [2.75, 3.05) is 0 Å². The molecule has 0 radical (unpaired) electrons. The van der Waals surface area contributed by atoms with E-state index in [2.05, 4.69) is 48.5 Å². The zero-order valence-electron chi connectivity index (χ0n) is 15.6. The molecule has 0 aliphatic rings. The van der Waals surface area contributed by atoms with Crippen molar-refractivity contribution in [1.82, 2.24) is 0 Å². The molecule has 3 unspecified atom stereocenters. The largest absolute Gasteiger partial charge is 0.0654 e. The van der Waals surface area contributed by atoms with E-state index in [1.165, 1.54) is 57.8 Å². The fourth-order valence-corrected chi connectivity index (χ4v) is 3.31. The molecule has 0 amide bonds. The lowest BCUT2D eigenvalue weighted by molar-refractivity contribution is 0.301. The first-order valence-electron chi connectivity index (χ1n) is 9.28. The summed E-state index contributed by atoms with van der Waals surface area (Å²) in [7, 11) is 0. The second-order valence-corrected chi connectivity index (χ2v) is 8.54. The van der Waals surface area contributed by atoms with Gasteiger partial charge in [-0.25, -0.2) is 0 Å². The Morgan fingerprint density at radius 1 is 0.800 bits per heavy atom. The Morgan fingerprint density at radius 3 is 1.95 bits per heavy atom. The molecule has 122 valence electrons. The fraction of sp³-hybridized carbons (Fsp3) is 1.00. The van der Waals surface area contributed by atoms with Gasteiger partial charge in [0.2, 0.25) is 0 Å². The molecule has 0 aliphatic carbocycles. The Labute approximate surface area is 130 Å². The van der Waals surface area contributed by atoms with Gasteiger partial charge in [0.15, 0.2) is 0 Å². The summed E-state index contributed by atoms with van der Waals surface area (Å²) in [6.07, 6.45) is 12.7. The molecule has 0 bridgehead atoms. The highest BCUT2D eigenvalue weighted by atomic mass is 14.2. The molecule has 0 nitrogen and oxygen atoms in total. The highest BCUT2D eigenvalue weighted by molar-refractivity contribution is 4.67. The molecular weight excluding hydrogens is 240 g/mol. The van der Waals surface area contributed by atoms with Gasteiger partial charge in [0.1, 0.15) is 0 Å². The van der Waals surface area contributed by atoms with Crippen LogP contribution in [0.2, 0.25) is 0 Å². The van der Waals surface area contributed by atoms with Crippen molar-refractivity contribution >= 4 is 0 Å². The third-order valence-electron chi connectivity index (χ3n) is 4.79. The second-order valence-electron chi connectivity index (χ2n) is 8.54. The molecule has 0 fully saturated rings. The van der Waals surface area contributed by atoms with E-state index in [9.17, 15) is 0 Å². The lowest BCUT2D eigenvalue weighted by Crippen LogP contribution is -2.09. The van der Waals surface area contributed by atoms with Crippen LogP contribution in [-0.2, 0) is 0 Å². The Bertz CT molecular complexity index is 211. The summed E-state index contributed by atoms with van der Waals surface area (Å²) < 4.78 is 0. The van der Waals surface area contributed by atoms with Gasteiger partial charge in [-0.2, -0.15) is 0 Å². The molecule has 0 aromatic heterocycles. The van der Waals surface area contributed by atoms with Crippen LogP contribution in [0.15, 0.2) is 0 Å². The molecule has 0 aliphatic heterocycles. The standard InChI is InChI=1S/C20H42/c1-8-11-18(4)16-19(9-2)14-13-17(3)12-10-15-20(5,6)7/h17-19H,8-16H2,1-7H3. The summed E-state index contributed by atoms with van der Waals surface area (Å²) in [6, 6.07) is 0. The highest BCUT2D eigenvalue weighted by Gasteiger charge is 2.14. The molecule has 0 heteroatoms. The molecule has 20 heavy (non-hydrogen) atoms. The quantitative estimate of drug-likeness (QED) is 0.368. The summed E-state index contributed by atoms with van der Waals surface area (Å²) in [5.41, 5.74) is 0.515. The van der Waals surface area contributed by atoms with Gasteiger partial charge < -0.3 is 0 Å². The topological polar surface area (TPSA) is 0 Å². The molecule has 0 rings (SSSR count). The van der Waals surface area contributed by atoms with Crippen LogP contribution in [-0.4, -0.2) is 0 Å². The van der Waals surface area contributed by atoms with E-state index in [0.717, 1.165) is 17.8 Å². The highest BCUT2D eigenvalue weighted by Crippen LogP contribution is 2.28. The molecule has 0 saturated heterocycles. The molecule has 0 aromatic rings. The van der Waals surface area contributed by atoms with Crippen LogP contribution in [0.1, 0.15) is 106 Å². The van der Waals surface area contributed by atoms with Crippen molar-refractivity contribution < 1.29 is 0 Å². The van der Waals surface area contributed by atoms with Gasteiger partial charge in [-0.05, 0) is 36.0 Å². The number of hydrogen-bond acceptors (Lipinski definition) is 0. The molecule has 0 N–H and O–H groups in total. The van der Waals surface area contributed by atoms with E-state index in [4.69, 9.17) is 0 Å². The van der Waals surface area contributed by atoms with Gasteiger partial charge in [-0.1, -0.05) is 93.4 Å². The fourth-order valence-electron chi connectivity index (χ4n) is 3.31. The number of rotatable bonds is 11. The molecule has 0 aromatic carbocycles. The lowest BCUT2D eigenvalue weighted by Gasteiger charge is -2.22. The van der Waals surface area contributed by atoms with Crippen molar-refractivity contribution in [3.63, 3.8) is 0 Å². The Kier molecular flexibility index (Phi) is 10.7. The van der Waals surface area contributed by atoms with Gasteiger partial charge in [0.05, 0.1) is 0 Å². The average molecular weight is 283 g/mol. The van der Waals surface area contributed by atoms with Crippen molar-refractivity contribution in [2.24, 2.45) is 23.2 Å². The van der Waals surface area contributed by atoms with E-state index in [1.807, 2.05) is 0 Å². The maximum atomic E-state index is 2.46. The van der Waals surface area contributed by atoms with Crippen molar-refractivity contribution in [2.45, 2.75) is 106 Å². The van der Waals surface area contributed by atoms with Gasteiger partial charge >= 0.3 is 0 Å². The van der Waals surface area contributed by atoms with Gasteiger partial charge in [-0.15, -0.1) is 0 Å². The third kappa shape index (κ3) is 11.8. The Hall–Kier alpha value is 0. The summed E-state index contributed by atoms with van der Waals surface area (Å²) in [4.78, 5) is 0. The van der Waals surface area contributed by atoms with Crippen LogP contribution in [0, 0.1) is 23.2 Å².